The predicted octanol–water partition coefficient (Wildman–Crippen LogP) is 3.77. The van der Waals surface area contributed by atoms with E-state index in [1.54, 1.807) is 19.1 Å². The topological polar surface area (TPSA) is 137 Å². The number of carbonyl (C=O) groups is 4. The minimum absolute atomic E-state index is 0.0914. The summed E-state index contributed by atoms with van der Waals surface area (Å²) >= 11 is 5.90. The molecule has 9 nitrogen and oxygen atoms in total. The maximum absolute atomic E-state index is 13.2. The lowest BCUT2D eigenvalue weighted by molar-refractivity contribution is -0.175. The largest absolute Gasteiger partial charge is 0.497 e. The maximum atomic E-state index is 13.2. The van der Waals surface area contributed by atoms with Gasteiger partial charge in [0.2, 0.25) is 11.8 Å². The summed E-state index contributed by atoms with van der Waals surface area (Å²) in [5, 5.41) is 16.2. The molecule has 0 aromatic heterocycles. The summed E-state index contributed by atoms with van der Waals surface area (Å²) in [6.45, 7) is 7.99. The van der Waals surface area contributed by atoms with Gasteiger partial charge in [0.25, 0.3) is 11.7 Å². The van der Waals surface area contributed by atoms with Crippen LogP contribution in [0.25, 0.3) is 0 Å². The van der Waals surface area contributed by atoms with Crippen LogP contribution >= 0.6 is 11.6 Å². The molecule has 3 amide bonds. The number of hydrogen-bond donors (Lipinski definition) is 3. The fourth-order valence-corrected chi connectivity index (χ4v) is 3.45. The van der Waals surface area contributed by atoms with Crippen molar-refractivity contribution >= 4 is 35.1 Å². The van der Waals surface area contributed by atoms with E-state index < -0.39 is 60.1 Å². The Labute approximate surface area is 235 Å². The molecule has 1 aromatic rings. The number of halogens is 4. The van der Waals surface area contributed by atoms with Crippen LogP contribution in [0.5, 0.6) is 0 Å². The summed E-state index contributed by atoms with van der Waals surface area (Å²) in [5.74, 6) is -5.71. The first-order chi connectivity index (χ1) is 18.7. The molecule has 3 N–H and O–H groups in total. The van der Waals surface area contributed by atoms with Crippen LogP contribution < -0.4 is 16.0 Å². The first-order valence-corrected chi connectivity index (χ1v) is 12.3. The smallest absolute Gasteiger partial charge is 0.452 e. The highest BCUT2D eigenvalue weighted by Gasteiger charge is 2.45. The van der Waals surface area contributed by atoms with Crippen molar-refractivity contribution in [2.45, 2.75) is 51.5 Å². The highest BCUT2D eigenvalue weighted by atomic mass is 35.5. The Hall–Kier alpha value is -4.11. The van der Waals surface area contributed by atoms with Crippen molar-refractivity contribution in [2.24, 2.45) is 5.92 Å². The molecule has 0 heterocycles. The maximum Gasteiger partial charge on any atom is 0.452 e. The number of ether oxygens (including phenoxy) is 1. The van der Waals surface area contributed by atoms with E-state index in [1.807, 2.05) is 5.32 Å². The molecular weight excluding hydrogens is 553 g/mol. The molecule has 3 atom stereocenters. The number of nitrogens with one attached hydrogen (secondary N) is 3. The zero-order chi connectivity index (χ0) is 30.6. The van der Waals surface area contributed by atoms with Crippen LogP contribution in [0.2, 0.25) is 5.02 Å². The van der Waals surface area contributed by atoms with Crippen molar-refractivity contribution in [2.75, 3.05) is 7.11 Å². The Bertz CT molecular complexity index is 1220. The summed E-state index contributed by atoms with van der Waals surface area (Å²) in [5.41, 5.74) is -0.00477. The average molecular weight is 583 g/mol. The van der Waals surface area contributed by atoms with Gasteiger partial charge in [0, 0.05) is 10.6 Å². The number of benzene rings is 1. The molecule has 0 aliphatic heterocycles. The van der Waals surface area contributed by atoms with Gasteiger partial charge in [-0.3, -0.25) is 19.2 Å². The third-order valence-corrected chi connectivity index (χ3v) is 5.67. The quantitative estimate of drug-likeness (QED) is 0.239. The number of rotatable bonds is 13. The fourth-order valence-electron chi connectivity index (χ4n) is 3.26. The van der Waals surface area contributed by atoms with E-state index in [1.165, 1.54) is 57.4 Å². The summed E-state index contributed by atoms with van der Waals surface area (Å²) < 4.78 is 44.5. The SMILES string of the molecule is C=C(/C=C\C(=C/C)OC)[C@H](NC(=O)[C@H](CC#N)NC(=O)c1cccc(Cl)c1)C(=O)N[C@H](C(=O)C(F)(F)F)C(C)C. The lowest BCUT2D eigenvalue weighted by Gasteiger charge is -2.27. The summed E-state index contributed by atoms with van der Waals surface area (Å²) in [6, 6.07) is 2.42. The van der Waals surface area contributed by atoms with Gasteiger partial charge in [0.15, 0.2) is 0 Å². The molecule has 1 rings (SSSR count). The van der Waals surface area contributed by atoms with Crippen molar-refractivity contribution < 1.29 is 37.1 Å². The minimum atomic E-state index is -5.22. The van der Waals surface area contributed by atoms with Gasteiger partial charge in [-0.25, -0.2) is 0 Å². The summed E-state index contributed by atoms with van der Waals surface area (Å²) in [7, 11) is 1.37. The highest BCUT2D eigenvalue weighted by molar-refractivity contribution is 6.31. The number of hydrogen-bond acceptors (Lipinski definition) is 6. The molecule has 0 radical (unpaired) electrons. The summed E-state index contributed by atoms with van der Waals surface area (Å²) in [4.78, 5) is 50.9. The Morgan fingerprint density at radius 3 is 2.27 bits per heavy atom. The van der Waals surface area contributed by atoms with Gasteiger partial charge in [0.1, 0.15) is 17.8 Å². The monoisotopic (exact) mass is 582 g/mol. The normalized spacial score (nSPS) is 14.1. The second-order valence-electron chi connectivity index (χ2n) is 8.74. The second kappa shape index (κ2) is 15.5. The van der Waals surface area contributed by atoms with E-state index >= 15 is 0 Å². The molecular formula is C27H30ClF3N4O5. The molecule has 1 aromatic carbocycles. The Kier molecular flexibility index (Phi) is 13.1. The number of Topliss-reactive ketones (excluding diaryl/α,β-unsaturated/α-hetero) is 1. The third-order valence-electron chi connectivity index (χ3n) is 5.43. The lowest BCUT2D eigenvalue weighted by atomic mass is 9.98. The van der Waals surface area contributed by atoms with Crippen LogP contribution in [0.3, 0.4) is 0 Å². The molecule has 0 saturated heterocycles. The van der Waals surface area contributed by atoms with E-state index in [9.17, 15) is 37.6 Å². The number of ketones is 1. The molecule has 0 aliphatic rings. The van der Waals surface area contributed by atoms with Crippen molar-refractivity contribution in [1.82, 2.24) is 16.0 Å². The van der Waals surface area contributed by atoms with Crippen LogP contribution in [-0.4, -0.2) is 54.9 Å². The third kappa shape index (κ3) is 10.2. The van der Waals surface area contributed by atoms with Crippen molar-refractivity contribution in [3.8, 4) is 6.07 Å². The molecule has 40 heavy (non-hydrogen) atoms. The van der Waals surface area contributed by atoms with Crippen LogP contribution in [0.4, 0.5) is 13.2 Å². The Morgan fingerprint density at radius 2 is 1.77 bits per heavy atom. The first kappa shape index (κ1) is 33.9. The minimum Gasteiger partial charge on any atom is -0.497 e. The molecule has 0 spiro atoms. The molecule has 0 bridgehead atoms. The number of nitrogens with zero attached hydrogens (tertiary/aromatic N) is 1. The van der Waals surface area contributed by atoms with Gasteiger partial charge in [-0.1, -0.05) is 44.2 Å². The molecule has 0 unspecified atom stereocenters. The first-order valence-electron chi connectivity index (χ1n) is 11.9. The Morgan fingerprint density at radius 1 is 1.12 bits per heavy atom. The fraction of sp³-hybridized carbons (Fsp3) is 0.370. The van der Waals surface area contributed by atoms with Gasteiger partial charge in [-0.2, -0.15) is 18.4 Å². The number of alkyl halides is 3. The van der Waals surface area contributed by atoms with Gasteiger partial charge in [0.05, 0.1) is 25.6 Å². The average Bonchev–Trinajstić information content (AvgIpc) is 2.89. The van der Waals surface area contributed by atoms with Crippen LogP contribution in [0, 0.1) is 17.2 Å². The van der Waals surface area contributed by atoms with Crippen LogP contribution in [-0.2, 0) is 19.1 Å². The van der Waals surface area contributed by atoms with Gasteiger partial charge >= 0.3 is 6.18 Å². The van der Waals surface area contributed by atoms with Crippen LogP contribution in [0.1, 0.15) is 37.6 Å². The molecule has 0 aliphatic carbocycles. The Balaban J connectivity index is 3.33. The van der Waals surface area contributed by atoms with Gasteiger partial charge in [-0.15, -0.1) is 0 Å². The van der Waals surface area contributed by atoms with Crippen molar-refractivity contribution in [3.05, 3.63) is 71.0 Å². The molecule has 0 saturated carbocycles. The van der Waals surface area contributed by atoms with E-state index in [2.05, 4.69) is 17.2 Å². The van der Waals surface area contributed by atoms with E-state index in [4.69, 9.17) is 16.3 Å². The zero-order valence-corrected chi connectivity index (χ0v) is 23.0. The van der Waals surface area contributed by atoms with E-state index in [0.717, 1.165) is 0 Å². The number of methoxy groups -OCH3 is 1. The van der Waals surface area contributed by atoms with Gasteiger partial charge in [-0.05, 0) is 48.8 Å². The van der Waals surface area contributed by atoms with E-state index in [0.29, 0.717) is 5.76 Å². The number of nitriles is 1. The van der Waals surface area contributed by atoms with E-state index in [-0.39, 0.29) is 16.2 Å². The molecule has 216 valence electrons. The predicted molar refractivity (Wildman–Crippen MR) is 142 cm³/mol. The molecule has 13 heteroatoms. The van der Waals surface area contributed by atoms with Gasteiger partial charge < -0.3 is 20.7 Å². The van der Waals surface area contributed by atoms with Crippen molar-refractivity contribution in [3.63, 3.8) is 0 Å². The lowest BCUT2D eigenvalue weighted by Crippen LogP contribution is -2.58. The van der Waals surface area contributed by atoms with Crippen LogP contribution in [0.15, 0.2) is 60.4 Å². The molecule has 0 fully saturated rings. The standard InChI is InChI=1S/C27H30ClF3N4O5/c1-6-19(40-5)11-10-16(4)22(26(39)34-21(15(2)3)23(36)27(29,30)31)35-25(38)20(12-13-32)33-24(37)17-8-7-9-18(28)14-17/h6-11,14-15,20-22H,4,12H2,1-3,5H3,(H,33,37)(H,34,39)(H,35,38)/b11-10-,19-6+/t20-,21-,22-/m0/s1. The zero-order valence-electron chi connectivity index (χ0n) is 22.3. The second-order valence-corrected chi connectivity index (χ2v) is 9.17. The number of carbonyl (C=O) groups excluding carboxylic acids is 4. The summed E-state index contributed by atoms with van der Waals surface area (Å²) in [6.07, 6.45) is -1.49. The van der Waals surface area contributed by atoms with Crippen molar-refractivity contribution in [1.29, 1.82) is 5.26 Å². The number of allylic oxidation sites excluding steroid dienone is 2. The number of amides is 3. The highest BCUT2D eigenvalue weighted by Crippen LogP contribution is 2.21.